The van der Waals surface area contributed by atoms with Gasteiger partial charge < -0.3 is 9.25 Å². The summed E-state index contributed by atoms with van der Waals surface area (Å²) >= 11 is 1.54. The van der Waals surface area contributed by atoms with Crippen LogP contribution in [0.15, 0.2) is 42.1 Å². The van der Waals surface area contributed by atoms with Crippen LogP contribution < -0.4 is 16.0 Å². The first kappa shape index (κ1) is 15.2. The van der Waals surface area contributed by atoms with Gasteiger partial charge in [0.1, 0.15) is 5.39 Å². The van der Waals surface area contributed by atoms with Crippen molar-refractivity contribution >= 4 is 28.1 Å². The second-order valence-corrected chi connectivity index (χ2v) is 5.56. The maximum Gasteiger partial charge on any atom is 0.337 e. The average molecular weight is 331 g/mol. The van der Waals surface area contributed by atoms with Crippen molar-refractivity contribution in [3.8, 4) is 6.01 Å². The van der Waals surface area contributed by atoms with Gasteiger partial charge in [-0.2, -0.15) is 16.3 Å². The van der Waals surface area contributed by atoms with Gasteiger partial charge in [0.2, 0.25) is 5.71 Å². The number of aromatic amines is 1. The lowest BCUT2D eigenvalue weighted by atomic mass is 10.1. The highest BCUT2D eigenvalue weighted by Crippen LogP contribution is 2.14. The Morgan fingerprint density at radius 1 is 1.48 bits per heavy atom. The van der Waals surface area contributed by atoms with E-state index in [1.807, 2.05) is 23.8 Å². The van der Waals surface area contributed by atoms with Crippen LogP contribution in [0.25, 0.3) is 11.1 Å². The van der Waals surface area contributed by atoms with E-state index in [4.69, 9.17) is 9.25 Å². The number of aromatic nitrogens is 2. The van der Waals surface area contributed by atoms with E-state index < -0.39 is 11.2 Å². The summed E-state index contributed by atoms with van der Waals surface area (Å²) in [6, 6.07) is 3.06. The van der Waals surface area contributed by atoms with Gasteiger partial charge in [-0.15, -0.1) is 0 Å². The van der Waals surface area contributed by atoms with Crippen molar-refractivity contribution in [1.82, 2.24) is 9.97 Å². The summed E-state index contributed by atoms with van der Waals surface area (Å²) in [6.45, 7) is 3.61. The van der Waals surface area contributed by atoms with Gasteiger partial charge in [0.15, 0.2) is 0 Å². The standard InChI is InChI=1S/C15H13N3O4S/c1-3-9-6-11(19)21-14-12(9)13(20)16-15(17-14)22-18-8(2)10-4-5-23-7-10/h4-7H,3H2,1-2H3,(H,16,17,20)/b18-8-. The molecule has 0 fully saturated rings. The Hall–Kier alpha value is -2.74. The van der Waals surface area contributed by atoms with Crippen molar-refractivity contribution in [1.29, 1.82) is 0 Å². The molecule has 23 heavy (non-hydrogen) atoms. The summed E-state index contributed by atoms with van der Waals surface area (Å²) in [5, 5.41) is 8.01. The zero-order valence-electron chi connectivity index (χ0n) is 12.5. The van der Waals surface area contributed by atoms with E-state index in [1.54, 1.807) is 18.3 Å². The molecule has 0 aromatic carbocycles. The van der Waals surface area contributed by atoms with E-state index in [9.17, 15) is 9.59 Å². The highest BCUT2D eigenvalue weighted by Gasteiger charge is 2.12. The van der Waals surface area contributed by atoms with Gasteiger partial charge in [-0.1, -0.05) is 12.1 Å². The number of nitrogens with zero attached hydrogens (tertiary/aromatic N) is 2. The third-order valence-electron chi connectivity index (χ3n) is 3.26. The molecule has 0 aliphatic carbocycles. The fraction of sp³-hybridized carbons (Fsp3) is 0.200. The first-order chi connectivity index (χ1) is 11.1. The van der Waals surface area contributed by atoms with Gasteiger partial charge >= 0.3 is 11.6 Å². The van der Waals surface area contributed by atoms with Gasteiger partial charge in [-0.25, -0.2) is 4.79 Å². The highest BCUT2D eigenvalue weighted by molar-refractivity contribution is 7.08. The number of hydrogen-bond acceptors (Lipinski definition) is 7. The quantitative estimate of drug-likeness (QED) is 0.584. The van der Waals surface area contributed by atoms with Gasteiger partial charge in [0.25, 0.3) is 5.56 Å². The number of aryl methyl sites for hydroxylation is 1. The zero-order chi connectivity index (χ0) is 16.4. The smallest absolute Gasteiger partial charge is 0.337 e. The maximum absolute atomic E-state index is 12.2. The van der Waals surface area contributed by atoms with Crippen LogP contribution in [0.4, 0.5) is 0 Å². The minimum absolute atomic E-state index is 0.0588. The van der Waals surface area contributed by atoms with Gasteiger partial charge in [0.05, 0.1) is 5.71 Å². The van der Waals surface area contributed by atoms with Gasteiger partial charge in [-0.3, -0.25) is 9.78 Å². The molecule has 3 aromatic rings. The molecule has 0 aliphatic heterocycles. The fourth-order valence-corrected chi connectivity index (χ4v) is 2.79. The number of fused-ring (bicyclic) bond motifs is 1. The predicted octanol–water partition coefficient (Wildman–Crippen LogP) is 2.30. The van der Waals surface area contributed by atoms with Crippen LogP contribution in [-0.4, -0.2) is 15.7 Å². The van der Waals surface area contributed by atoms with E-state index in [0.717, 1.165) is 5.56 Å². The average Bonchev–Trinajstić information content (AvgIpc) is 3.05. The molecule has 0 unspecified atom stereocenters. The SMILES string of the molecule is CCc1cc(=O)oc2nc(O/N=C(/C)c3ccsc3)[nH]c(=O)c12. The van der Waals surface area contributed by atoms with Gasteiger partial charge in [-0.05, 0) is 35.7 Å². The van der Waals surface area contributed by atoms with Crippen LogP contribution in [0.5, 0.6) is 6.01 Å². The van der Waals surface area contributed by atoms with Crippen LogP contribution in [0.1, 0.15) is 25.0 Å². The van der Waals surface area contributed by atoms with E-state index in [2.05, 4.69) is 15.1 Å². The second kappa shape index (κ2) is 6.17. The maximum atomic E-state index is 12.2. The molecule has 0 saturated carbocycles. The first-order valence-corrected chi connectivity index (χ1v) is 7.84. The lowest BCUT2D eigenvalue weighted by molar-refractivity contribution is 0.311. The molecule has 3 aromatic heterocycles. The normalized spacial score (nSPS) is 11.8. The largest absolute Gasteiger partial charge is 0.403 e. The van der Waals surface area contributed by atoms with Crippen molar-refractivity contribution in [3.63, 3.8) is 0 Å². The van der Waals surface area contributed by atoms with Crippen LogP contribution in [0.3, 0.4) is 0 Å². The molecule has 0 amide bonds. The summed E-state index contributed by atoms with van der Waals surface area (Å²) in [6.07, 6.45) is 0.516. The zero-order valence-corrected chi connectivity index (χ0v) is 13.3. The molecule has 0 spiro atoms. The molecule has 0 bridgehead atoms. The van der Waals surface area contributed by atoms with Crippen LogP contribution >= 0.6 is 11.3 Å². The predicted molar refractivity (Wildman–Crippen MR) is 87.4 cm³/mol. The molecule has 118 valence electrons. The summed E-state index contributed by atoms with van der Waals surface area (Å²) in [7, 11) is 0. The van der Waals surface area contributed by atoms with Crippen LogP contribution in [0, 0.1) is 0 Å². The molecule has 0 atom stereocenters. The third kappa shape index (κ3) is 3.07. The second-order valence-electron chi connectivity index (χ2n) is 4.78. The van der Waals surface area contributed by atoms with E-state index in [1.165, 1.54) is 6.07 Å². The summed E-state index contributed by atoms with van der Waals surface area (Å²) in [5.41, 5.74) is 1.08. The Morgan fingerprint density at radius 3 is 3.00 bits per heavy atom. The van der Waals surface area contributed by atoms with E-state index in [-0.39, 0.29) is 17.1 Å². The highest BCUT2D eigenvalue weighted by atomic mass is 32.1. The number of nitrogens with one attached hydrogen (secondary N) is 1. The Morgan fingerprint density at radius 2 is 2.30 bits per heavy atom. The van der Waals surface area contributed by atoms with Crippen molar-refractivity contribution in [3.05, 3.63) is 54.8 Å². The lowest BCUT2D eigenvalue weighted by Crippen LogP contribution is -2.14. The molecular weight excluding hydrogens is 318 g/mol. The van der Waals surface area contributed by atoms with Crippen molar-refractivity contribution in [2.24, 2.45) is 5.16 Å². The minimum atomic E-state index is -0.559. The number of H-pyrrole nitrogens is 1. The molecule has 3 heterocycles. The van der Waals surface area contributed by atoms with Crippen LogP contribution in [-0.2, 0) is 6.42 Å². The third-order valence-corrected chi connectivity index (χ3v) is 3.95. The molecule has 1 N–H and O–H groups in total. The Kier molecular flexibility index (Phi) is 4.07. The number of thiophene rings is 1. The Labute approximate surface area is 134 Å². The number of oxime groups is 1. The van der Waals surface area contributed by atoms with Gasteiger partial charge in [0, 0.05) is 11.6 Å². The van der Waals surface area contributed by atoms with Crippen molar-refractivity contribution in [2.75, 3.05) is 0 Å². The lowest BCUT2D eigenvalue weighted by Gasteiger charge is -2.03. The van der Waals surface area contributed by atoms with E-state index >= 15 is 0 Å². The first-order valence-electron chi connectivity index (χ1n) is 6.89. The molecule has 0 saturated heterocycles. The Bertz CT molecular complexity index is 986. The monoisotopic (exact) mass is 331 g/mol. The number of rotatable bonds is 4. The van der Waals surface area contributed by atoms with E-state index in [0.29, 0.717) is 17.7 Å². The molecule has 0 aliphatic rings. The Balaban J connectivity index is 2.02. The fourth-order valence-electron chi connectivity index (χ4n) is 2.09. The molecule has 8 heteroatoms. The minimum Gasteiger partial charge on any atom is -0.403 e. The summed E-state index contributed by atoms with van der Waals surface area (Å²) < 4.78 is 4.99. The topological polar surface area (TPSA) is 97.5 Å². The summed E-state index contributed by atoms with van der Waals surface area (Å²) in [5.74, 6) is 0. The molecule has 3 rings (SSSR count). The number of hydrogen-bond donors (Lipinski definition) is 1. The molecular formula is C15H13N3O4S. The van der Waals surface area contributed by atoms with Crippen molar-refractivity contribution < 1.29 is 9.25 Å². The van der Waals surface area contributed by atoms with Crippen molar-refractivity contribution in [2.45, 2.75) is 20.3 Å². The summed E-state index contributed by atoms with van der Waals surface area (Å²) in [4.78, 5) is 35.4. The molecule has 7 nitrogen and oxygen atoms in total. The molecule has 0 radical (unpaired) electrons. The van der Waals surface area contributed by atoms with Crippen LogP contribution in [0.2, 0.25) is 0 Å².